The lowest BCUT2D eigenvalue weighted by atomic mass is 10.3. The van der Waals surface area contributed by atoms with Gasteiger partial charge in [0.25, 0.3) is 0 Å². The Morgan fingerprint density at radius 3 is 2.24 bits per heavy atom. The number of aryl methyl sites for hydroxylation is 2. The first-order valence-corrected chi connectivity index (χ1v) is 8.84. The Kier molecular flexibility index (Phi) is 10.1. The van der Waals surface area contributed by atoms with Gasteiger partial charge in [-0.3, -0.25) is 9.48 Å². The van der Waals surface area contributed by atoms with Crippen LogP contribution < -0.4 is 0 Å². The van der Waals surface area contributed by atoms with Gasteiger partial charge < -0.3 is 4.90 Å². The number of amides is 1. The molecule has 0 unspecified atom stereocenters. The number of aromatic nitrogens is 2. The third-order valence-electron chi connectivity index (χ3n) is 2.92. The summed E-state index contributed by atoms with van der Waals surface area (Å²) in [6.45, 7) is 8.81. The van der Waals surface area contributed by atoms with Crippen LogP contribution in [0, 0.1) is 6.92 Å². The summed E-state index contributed by atoms with van der Waals surface area (Å²) in [4.78, 5) is 13.2. The predicted molar refractivity (Wildman–Crippen MR) is 96.6 cm³/mol. The first-order chi connectivity index (χ1) is 11.7. The van der Waals surface area contributed by atoms with Gasteiger partial charge in [-0.25, -0.2) is 0 Å². The molecule has 2 heterocycles. The van der Waals surface area contributed by atoms with Crippen LogP contribution in [0.1, 0.15) is 37.8 Å². The van der Waals surface area contributed by atoms with Gasteiger partial charge in [0.05, 0.1) is 4.88 Å². The maximum atomic E-state index is 12.5. The van der Waals surface area contributed by atoms with Gasteiger partial charge in [-0.2, -0.15) is 18.3 Å². The molecule has 0 saturated carbocycles. The van der Waals surface area contributed by atoms with E-state index in [1.807, 2.05) is 33.8 Å². The summed E-state index contributed by atoms with van der Waals surface area (Å²) in [6.07, 6.45) is -2.48. The molecule has 8 heteroatoms. The molecule has 0 aliphatic rings. The molecule has 0 radical (unpaired) electrons. The SMILES string of the molecule is CC.CCCN(C)C=O.Cc1ccc(-c2cc(C(F)(F)F)n(C)n2)s1. The fourth-order valence-corrected chi connectivity index (χ4v) is 2.65. The Labute approximate surface area is 151 Å². The molecule has 0 spiro atoms. The van der Waals surface area contributed by atoms with Crippen LogP contribution in [0.5, 0.6) is 0 Å². The second-order valence-electron chi connectivity index (χ2n) is 5.03. The molecule has 1 amide bonds. The number of hydrogen-bond acceptors (Lipinski definition) is 3. The van der Waals surface area contributed by atoms with Crippen molar-refractivity contribution in [1.29, 1.82) is 0 Å². The highest BCUT2D eigenvalue weighted by atomic mass is 32.1. The summed E-state index contributed by atoms with van der Waals surface area (Å²) in [7, 11) is 3.07. The van der Waals surface area contributed by atoms with Gasteiger partial charge in [0.15, 0.2) is 0 Å². The highest BCUT2D eigenvalue weighted by molar-refractivity contribution is 7.15. The van der Waals surface area contributed by atoms with Crippen LogP contribution in [0.3, 0.4) is 0 Å². The Morgan fingerprint density at radius 2 is 1.92 bits per heavy atom. The molecule has 0 fully saturated rings. The van der Waals surface area contributed by atoms with Gasteiger partial charge in [0.2, 0.25) is 6.41 Å². The Morgan fingerprint density at radius 1 is 1.32 bits per heavy atom. The zero-order valence-electron chi connectivity index (χ0n) is 15.5. The monoisotopic (exact) mass is 377 g/mol. The Bertz CT molecular complexity index is 635. The van der Waals surface area contributed by atoms with Crippen molar-refractivity contribution in [3.05, 3.63) is 28.8 Å². The first-order valence-electron chi connectivity index (χ1n) is 8.02. The van der Waals surface area contributed by atoms with E-state index in [0.717, 1.165) is 39.9 Å². The minimum atomic E-state index is -4.35. The molecule has 4 nitrogen and oxygen atoms in total. The van der Waals surface area contributed by atoms with E-state index in [2.05, 4.69) is 5.10 Å². The normalized spacial score (nSPS) is 10.3. The van der Waals surface area contributed by atoms with Crippen LogP contribution >= 0.6 is 11.3 Å². The molecule has 142 valence electrons. The van der Waals surface area contributed by atoms with E-state index >= 15 is 0 Å². The zero-order chi connectivity index (χ0) is 19.6. The van der Waals surface area contributed by atoms with Crippen molar-refractivity contribution in [3.63, 3.8) is 0 Å². The molecular formula is C17H26F3N3OS. The lowest BCUT2D eigenvalue weighted by Gasteiger charge is -2.05. The maximum absolute atomic E-state index is 12.5. The summed E-state index contributed by atoms with van der Waals surface area (Å²) >= 11 is 1.43. The number of thiophene rings is 1. The van der Waals surface area contributed by atoms with Crippen molar-refractivity contribution in [3.8, 4) is 10.6 Å². The molecule has 0 N–H and O–H groups in total. The van der Waals surface area contributed by atoms with Crippen LogP contribution in [-0.4, -0.2) is 34.7 Å². The van der Waals surface area contributed by atoms with Gasteiger partial charge in [-0.15, -0.1) is 11.3 Å². The van der Waals surface area contributed by atoms with Crippen LogP contribution in [0.15, 0.2) is 18.2 Å². The molecule has 0 saturated heterocycles. The summed E-state index contributed by atoms with van der Waals surface area (Å²) < 4.78 is 38.4. The summed E-state index contributed by atoms with van der Waals surface area (Å²) in [5, 5.41) is 3.87. The van der Waals surface area contributed by atoms with Crippen molar-refractivity contribution >= 4 is 17.7 Å². The number of rotatable bonds is 4. The van der Waals surface area contributed by atoms with Crippen molar-refractivity contribution in [2.45, 2.75) is 40.3 Å². The number of carbonyl (C=O) groups is 1. The largest absolute Gasteiger partial charge is 0.433 e. The van der Waals surface area contributed by atoms with Crippen LogP contribution in [0.25, 0.3) is 10.6 Å². The minimum absolute atomic E-state index is 0.368. The second-order valence-corrected chi connectivity index (χ2v) is 6.32. The third-order valence-corrected chi connectivity index (χ3v) is 3.94. The minimum Gasteiger partial charge on any atom is -0.348 e. The quantitative estimate of drug-likeness (QED) is 0.704. The molecular weight excluding hydrogens is 351 g/mol. The van der Waals surface area contributed by atoms with E-state index in [9.17, 15) is 18.0 Å². The van der Waals surface area contributed by atoms with Gasteiger partial charge >= 0.3 is 6.18 Å². The Balaban J connectivity index is 0.000000544. The molecule has 0 aliphatic heterocycles. The molecule has 0 atom stereocenters. The lowest BCUT2D eigenvalue weighted by molar-refractivity contribution is -0.143. The van der Waals surface area contributed by atoms with Crippen LogP contribution in [0.2, 0.25) is 0 Å². The average Bonchev–Trinajstić information content (AvgIpc) is 3.15. The molecule has 0 aromatic carbocycles. The predicted octanol–water partition coefficient (Wildman–Crippen LogP) is 4.99. The maximum Gasteiger partial charge on any atom is 0.433 e. The first kappa shape index (κ1) is 23.2. The van der Waals surface area contributed by atoms with Gasteiger partial charge in [-0.05, 0) is 31.5 Å². The molecule has 2 aromatic heterocycles. The van der Waals surface area contributed by atoms with Crippen molar-refractivity contribution in [1.82, 2.24) is 14.7 Å². The lowest BCUT2D eigenvalue weighted by Crippen LogP contribution is -2.15. The van der Waals surface area contributed by atoms with Gasteiger partial charge in [0.1, 0.15) is 11.4 Å². The van der Waals surface area contributed by atoms with Gasteiger partial charge in [-0.1, -0.05) is 20.8 Å². The summed E-state index contributed by atoms with van der Waals surface area (Å²) in [5.41, 5.74) is -0.360. The number of hydrogen-bond donors (Lipinski definition) is 0. The highest BCUT2D eigenvalue weighted by Crippen LogP contribution is 2.33. The summed E-state index contributed by atoms with van der Waals surface area (Å²) in [6, 6.07) is 4.72. The van der Waals surface area contributed by atoms with Crippen molar-refractivity contribution < 1.29 is 18.0 Å². The Hall–Kier alpha value is -1.83. The van der Waals surface area contributed by atoms with Crippen molar-refractivity contribution in [2.75, 3.05) is 13.6 Å². The van der Waals surface area contributed by atoms with Crippen LogP contribution in [-0.2, 0) is 18.0 Å². The fourth-order valence-electron chi connectivity index (χ4n) is 1.83. The number of alkyl halides is 3. The smallest absolute Gasteiger partial charge is 0.348 e. The van der Waals surface area contributed by atoms with E-state index in [4.69, 9.17) is 0 Å². The average molecular weight is 377 g/mol. The van der Waals surface area contributed by atoms with Crippen LogP contribution in [0.4, 0.5) is 13.2 Å². The van der Waals surface area contributed by atoms with E-state index < -0.39 is 11.9 Å². The summed E-state index contributed by atoms with van der Waals surface area (Å²) in [5.74, 6) is 0. The number of carbonyl (C=O) groups excluding carboxylic acids is 1. The topological polar surface area (TPSA) is 38.1 Å². The third kappa shape index (κ3) is 7.72. The van der Waals surface area contributed by atoms with E-state index in [0.29, 0.717) is 5.69 Å². The molecule has 25 heavy (non-hydrogen) atoms. The molecule has 2 aromatic rings. The molecule has 2 rings (SSSR count). The van der Waals surface area contributed by atoms with E-state index in [1.54, 1.807) is 18.0 Å². The van der Waals surface area contributed by atoms with E-state index in [1.165, 1.54) is 18.4 Å². The van der Waals surface area contributed by atoms with Gasteiger partial charge in [0, 0.05) is 25.5 Å². The second kappa shape index (κ2) is 10.9. The highest BCUT2D eigenvalue weighted by Gasteiger charge is 2.35. The number of halogens is 3. The zero-order valence-corrected chi connectivity index (χ0v) is 16.3. The standard InChI is InChI=1S/C10H9F3N2S.C5H11NO.C2H6/c1-6-3-4-8(16-6)7-5-9(10(11,12)13)15(2)14-7;1-3-4-6(2)5-7;1-2/h3-5H,1-2H3;5H,3-4H2,1-2H3;1-2H3. The fraction of sp³-hybridized carbons (Fsp3) is 0.529. The number of nitrogens with zero attached hydrogens (tertiary/aromatic N) is 3. The van der Waals surface area contributed by atoms with Crippen molar-refractivity contribution in [2.24, 2.45) is 7.05 Å². The molecule has 0 bridgehead atoms. The molecule has 0 aliphatic carbocycles. The van der Waals surface area contributed by atoms with E-state index in [-0.39, 0.29) is 0 Å².